The molecule has 2 heterocycles. The lowest BCUT2D eigenvalue weighted by Crippen LogP contribution is -2.35. The van der Waals surface area contributed by atoms with Crippen molar-refractivity contribution in [2.75, 3.05) is 0 Å². The first-order chi connectivity index (χ1) is 12.7. The minimum atomic E-state index is -0.653. The Balaban J connectivity index is 1.99. The van der Waals surface area contributed by atoms with Crippen LogP contribution in [-0.2, 0) is 0 Å². The second kappa shape index (κ2) is 6.19. The third-order valence-electron chi connectivity index (χ3n) is 4.46. The van der Waals surface area contributed by atoms with Gasteiger partial charge >= 0.3 is 0 Å². The predicted molar refractivity (Wildman–Crippen MR) is 97.3 cm³/mol. The number of fused-ring (bicyclic) bond motifs is 1. The molecule has 0 amide bonds. The standard InChI is InChI=1S/C20H14N6/c21-11-15-17(13-7-3-1-4-8-13)25-26-18(14-9-5-2-6-10-14)16(12-22)19(23)24-20(15)26/h1-10,16,18H,(H2,23,24). The topological polar surface area (TPSA) is 104 Å². The number of nitrogens with two attached hydrogens (primary N) is 1. The van der Waals surface area contributed by atoms with E-state index in [1.165, 1.54) is 0 Å². The predicted octanol–water partition coefficient (Wildman–Crippen LogP) is 3.15. The molecular formula is C20H14N6. The van der Waals surface area contributed by atoms with Crippen LogP contribution >= 0.6 is 0 Å². The second-order valence-electron chi connectivity index (χ2n) is 5.97. The van der Waals surface area contributed by atoms with E-state index in [1.54, 1.807) is 4.68 Å². The van der Waals surface area contributed by atoms with Crippen molar-refractivity contribution >= 4 is 11.7 Å². The molecular weight excluding hydrogens is 324 g/mol. The normalized spacial score (nSPS) is 18.3. The van der Waals surface area contributed by atoms with E-state index in [9.17, 15) is 10.5 Å². The maximum absolute atomic E-state index is 9.71. The highest BCUT2D eigenvalue weighted by atomic mass is 15.4. The molecule has 1 aromatic heterocycles. The number of hydrogen-bond acceptors (Lipinski definition) is 5. The van der Waals surface area contributed by atoms with Gasteiger partial charge in [0.1, 0.15) is 35.1 Å². The van der Waals surface area contributed by atoms with Crippen LogP contribution in [0.2, 0.25) is 0 Å². The van der Waals surface area contributed by atoms with Gasteiger partial charge in [-0.15, -0.1) is 0 Å². The Morgan fingerprint density at radius 2 is 1.62 bits per heavy atom. The van der Waals surface area contributed by atoms with Gasteiger partial charge in [-0.2, -0.15) is 15.6 Å². The summed E-state index contributed by atoms with van der Waals surface area (Å²) in [5.41, 5.74) is 8.69. The van der Waals surface area contributed by atoms with Crippen LogP contribution < -0.4 is 5.73 Å². The molecule has 0 saturated heterocycles. The number of aliphatic imine (C=N–C) groups is 1. The summed E-state index contributed by atoms with van der Waals surface area (Å²) < 4.78 is 1.65. The summed E-state index contributed by atoms with van der Waals surface area (Å²) in [7, 11) is 0. The van der Waals surface area contributed by atoms with Crippen molar-refractivity contribution in [3.05, 3.63) is 71.8 Å². The van der Waals surface area contributed by atoms with Gasteiger partial charge in [-0.25, -0.2) is 9.67 Å². The Kier molecular flexibility index (Phi) is 3.72. The summed E-state index contributed by atoms with van der Waals surface area (Å²) in [4.78, 5) is 4.34. The van der Waals surface area contributed by atoms with Crippen LogP contribution in [0.15, 0.2) is 65.7 Å². The van der Waals surface area contributed by atoms with Gasteiger partial charge in [-0.05, 0) is 5.56 Å². The smallest absolute Gasteiger partial charge is 0.171 e. The van der Waals surface area contributed by atoms with Crippen LogP contribution in [0.25, 0.3) is 11.3 Å². The van der Waals surface area contributed by atoms with Gasteiger partial charge < -0.3 is 5.73 Å². The first-order valence-corrected chi connectivity index (χ1v) is 8.11. The van der Waals surface area contributed by atoms with Crippen molar-refractivity contribution in [1.82, 2.24) is 9.78 Å². The zero-order valence-corrected chi connectivity index (χ0v) is 13.7. The van der Waals surface area contributed by atoms with Gasteiger partial charge in [-0.1, -0.05) is 60.7 Å². The first kappa shape index (κ1) is 15.6. The lowest BCUT2D eigenvalue weighted by Gasteiger charge is -2.27. The van der Waals surface area contributed by atoms with Gasteiger partial charge in [0.05, 0.1) is 6.07 Å². The maximum atomic E-state index is 9.71. The monoisotopic (exact) mass is 338 g/mol. The third-order valence-corrected chi connectivity index (χ3v) is 4.46. The minimum absolute atomic E-state index is 0.199. The maximum Gasteiger partial charge on any atom is 0.171 e. The van der Waals surface area contributed by atoms with E-state index in [0.717, 1.165) is 11.1 Å². The SMILES string of the molecule is N#Cc1c(-c2ccccc2)nn2c1N=C(N)C(C#N)C2c1ccccc1. The quantitative estimate of drug-likeness (QED) is 0.775. The molecule has 2 unspecified atom stereocenters. The van der Waals surface area contributed by atoms with Crippen LogP contribution in [0.5, 0.6) is 0 Å². The molecule has 6 nitrogen and oxygen atoms in total. The number of hydrogen-bond donors (Lipinski definition) is 1. The summed E-state index contributed by atoms with van der Waals surface area (Å²) in [6.45, 7) is 0. The number of rotatable bonds is 2. The Bertz CT molecular complexity index is 1070. The highest BCUT2D eigenvalue weighted by Gasteiger charge is 2.36. The largest absolute Gasteiger partial charge is 0.386 e. The summed E-state index contributed by atoms with van der Waals surface area (Å²) in [6, 6.07) is 23.0. The molecule has 124 valence electrons. The molecule has 2 atom stereocenters. The van der Waals surface area contributed by atoms with Crippen molar-refractivity contribution in [2.24, 2.45) is 16.6 Å². The molecule has 26 heavy (non-hydrogen) atoms. The zero-order valence-electron chi connectivity index (χ0n) is 13.7. The highest BCUT2D eigenvalue weighted by molar-refractivity contribution is 5.91. The van der Waals surface area contributed by atoms with E-state index in [-0.39, 0.29) is 5.84 Å². The average molecular weight is 338 g/mol. The summed E-state index contributed by atoms with van der Waals surface area (Å²) in [5.74, 6) is -0.0611. The number of nitrogens with zero attached hydrogens (tertiary/aromatic N) is 5. The molecule has 0 saturated carbocycles. The van der Waals surface area contributed by atoms with Crippen molar-refractivity contribution in [3.8, 4) is 23.4 Å². The summed E-state index contributed by atoms with van der Waals surface area (Å²) >= 11 is 0. The molecule has 3 aromatic rings. The second-order valence-corrected chi connectivity index (χ2v) is 5.97. The molecule has 4 rings (SSSR count). The number of benzene rings is 2. The molecule has 0 aliphatic carbocycles. The minimum Gasteiger partial charge on any atom is -0.386 e. The van der Waals surface area contributed by atoms with Crippen molar-refractivity contribution < 1.29 is 0 Å². The molecule has 0 fully saturated rings. The molecule has 1 aliphatic rings. The van der Waals surface area contributed by atoms with Crippen molar-refractivity contribution in [2.45, 2.75) is 6.04 Å². The average Bonchev–Trinajstić information content (AvgIpc) is 3.06. The molecule has 2 N–H and O–H groups in total. The van der Waals surface area contributed by atoms with E-state index in [4.69, 9.17) is 5.73 Å². The number of nitriles is 2. The molecule has 0 radical (unpaired) electrons. The van der Waals surface area contributed by atoms with E-state index in [1.807, 2.05) is 60.7 Å². The molecule has 2 aromatic carbocycles. The Morgan fingerprint density at radius 1 is 0.962 bits per heavy atom. The van der Waals surface area contributed by atoms with Crippen LogP contribution in [-0.4, -0.2) is 15.6 Å². The van der Waals surface area contributed by atoms with E-state index in [2.05, 4.69) is 22.2 Å². The van der Waals surface area contributed by atoms with Gasteiger partial charge in [0.15, 0.2) is 5.82 Å². The van der Waals surface area contributed by atoms with Crippen molar-refractivity contribution in [1.29, 1.82) is 10.5 Å². The molecule has 1 aliphatic heterocycles. The summed E-state index contributed by atoms with van der Waals surface area (Å²) in [6.07, 6.45) is 0. The van der Waals surface area contributed by atoms with Crippen LogP contribution in [0, 0.1) is 28.6 Å². The first-order valence-electron chi connectivity index (χ1n) is 8.11. The van der Waals surface area contributed by atoms with Crippen LogP contribution in [0.1, 0.15) is 17.2 Å². The molecule has 0 spiro atoms. The molecule has 6 heteroatoms. The zero-order chi connectivity index (χ0) is 18.1. The van der Waals surface area contributed by atoms with Gasteiger partial charge in [0, 0.05) is 5.56 Å². The number of aromatic nitrogens is 2. The Hall–Kier alpha value is -3.90. The fraction of sp³-hybridized carbons (Fsp3) is 0.100. The number of amidine groups is 1. The lowest BCUT2D eigenvalue weighted by molar-refractivity contribution is 0.476. The lowest BCUT2D eigenvalue weighted by atomic mass is 9.92. The van der Waals surface area contributed by atoms with Crippen LogP contribution in [0.4, 0.5) is 5.82 Å². The van der Waals surface area contributed by atoms with E-state index < -0.39 is 12.0 Å². The van der Waals surface area contributed by atoms with Crippen molar-refractivity contribution in [3.63, 3.8) is 0 Å². The van der Waals surface area contributed by atoms with Crippen LogP contribution in [0.3, 0.4) is 0 Å². The highest BCUT2D eigenvalue weighted by Crippen LogP contribution is 2.40. The Morgan fingerprint density at radius 3 is 2.23 bits per heavy atom. The van der Waals surface area contributed by atoms with E-state index >= 15 is 0 Å². The van der Waals surface area contributed by atoms with E-state index in [0.29, 0.717) is 17.1 Å². The molecule has 0 bridgehead atoms. The summed E-state index contributed by atoms with van der Waals surface area (Å²) in [5, 5.41) is 24.0. The fourth-order valence-corrected chi connectivity index (χ4v) is 3.24. The third kappa shape index (κ3) is 2.33. The van der Waals surface area contributed by atoms with Gasteiger partial charge in [0.25, 0.3) is 0 Å². The van der Waals surface area contributed by atoms with Gasteiger partial charge in [-0.3, -0.25) is 0 Å². The van der Waals surface area contributed by atoms with Gasteiger partial charge in [0.2, 0.25) is 0 Å². The Labute approximate surface area is 150 Å². The fourth-order valence-electron chi connectivity index (χ4n) is 3.24.